The topological polar surface area (TPSA) is 80.6 Å². The van der Waals surface area contributed by atoms with E-state index in [1.807, 2.05) is 19.1 Å². The monoisotopic (exact) mass is 461 g/mol. The Balaban J connectivity index is 1.68. The van der Waals surface area contributed by atoms with Gasteiger partial charge < -0.3 is 25.1 Å². The Morgan fingerprint density at radius 3 is 2.70 bits per heavy atom. The molecule has 2 aromatic carbocycles. The molecule has 0 bridgehead atoms. The fourth-order valence-electron chi connectivity index (χ4n) is 4.57. The van der Waals surface area contributed by atoms with Crippen molar-refractivity contribution in [3.05, 3.63) is 58.8 Å². The van der Waals surface area contributed by atoms with Crippen molar-refractivity contribution in [2.75, 3.05) is 20.3 Å². The molecule has 4 rings (SSSR count). The number of halogens is 3. The Kier molecular flexibility index (Phi) is 6.14. The van der Waals surface area contributed by atoms with Crippen molar-refractivity contribution in [2.24, 2.45) is 5.73 Å². The molecule has 0 saturated carbocycles. The summed E-state index contributed by atoms with van der Waals surface area (Å²) in [6, 6.07) is 6.62. The van der Waals surface area contributed by atoms with E-state index < -0.39 is 17.8 Å². The quantitative estimate of drug-likeness (QED) is 0.529. The Labute approximate surface area is 189 Å². The third-order valence-corrected chi connectivity index (χ3v) is 6.15. The van der Waals surface area contributed by atoms with Crippen LogP contribution in [-0.4, -0.2) is 36.2 Å². The standard InChI is InChI=1S/C24H26F3N3O3/c1-3-33-22-12-18-14(10-21(22)32-2)8-9-30(23(28)31)20(18)7-4-15-13-29-19-6-5-16(11-17(15)19)24(25,26)27/h5-6,10-13,20,29H,3-4,7-9H2,1-2H3,(H2,28,31)/t20-/m0/s1. The van der Waals surface area contributed by atoms with Crippen LogP contribution in [0.4, 0.5) is 18.0 Å². The van der Waals surface area contributed by atoms with Crippen LogP contribution in [-0.2, 0) is 19.0 Å². The molecule has 0 fully saturated rings. The number of nitrogens with two attached hydrogens (primary N) is 1. The van der Waals surface area contributed by atoms with Crippen molar-refractivity contribution in [3.63, 3.8) is 0 Å². The largest absolute Gasteiger partial charge is 0.493 e. The first-order valence-electron chi connectivity index (χ1n) is 10.8. The highest BCUT2D eigenvalue weighted by molar-refractivity contribution is 5.84. The summed E-state index contributed by atoms with van der Waals surface area (Å²) in [5, 5.41) is 0.524. The summed E-state index contributed by atoms with van der Waals surface area (Å²) in [4.78, 5) is 16.8. The maximum absolute atomic E-state index is 13.2. The molecule has 0 radical (unpaired) electrons. The lowest BCUT2D eigenvalue weighted by atomic mass is 9.88. The number of H-pyrrole nitrogens is 1. The van der Waals surface area contributed by atoms with E-state index in [1.54, 1.807) is 18.2 Å². The fraction of sp³-hybridized carbons (Fsp3) is 0.375. The number of carbonyl (C=O) groups excluding carboxylic acids is 1. The van der Waals surface area contributed by atoms with E-state index in [2.05, 4.69) is 4.98 Å². The van der Waals surface area contributed by atoms with Gasteiger partial charge in [0.1, 0.15) is 0 Å². The van der Waals surface area contributed by atoms with Gasteiger partial charge in [0, 0.05) is 23.6 Å². The molecule has 1 aliphatic heterocycles. The molecule has 3 aromatic rings. The number of aromatic nitrogens is 1. The van der Waals surface area contributed by atoms with Gasteiger partial charge in [0.05, 0.1) is 25.3 Å². The predicted molar refractivity (Wildman–Crippen MR) is 119 cm³/mol. The maximum Gasteiger partial charge on any atom is 0.416 e. The molecule has 3 N–H and O–H groups in total. The molecular formula is C24H26F3N3O3. The highest BCUT2D eigenvalue weighted by atomic mass is 19.4. The fourth-order valence-corrected chi connectivity index (χ4v) is 4.57. The van der Waals surface area contributed by atoms with E-state index in [9.17, 15) is 18.0 Å². The molecule has 0 unspecified atom stereocenters. The smallest absolute Gasteiger partial charge is 0.416 e. The van der Waals surface area contributed by atoms with Crippen molar-refractivity contribution in [2.45, 2.75) is 38.4 Å². The van der Waals surface area contributed by atoms with E-state index in [1.165, 1.54) is 12.1 Å². The van der Waals surface area contributed by atoms with Gasteiger partial charge in [-0.1, -0.05) is 0 Å². The van der Waals surface area contributed by atoms with Crippen molar-refractivity contribution in [1.29, 1.82) is 0 Å². The minimum atomic E-state index is -4.41. The number of carbonyl (C=O) groups is 1. The molecule has 33 heavy (non-hydrogen) atoms. The van der Waals surface area contributed by atoms with Crippen LogP contribution < -0.4 is 15.2 Å². The number of primary amides is 1. The molecule has 0 spiro atoms. The summed E-state index contributed by atoms with van der Waals surface area (Å²) in [5.74, 6) is 1.20. The third kappa shape index (κ3) is 4.44. The number of hydrogen-bond donors (Lipinski definition) is 2. The highest BCUT2D eigenvalue weighted by Gasteiger charge is 2.32. The molecule has 0 aliphatic carbocycles. The number of methoxy groups -OCH3 is 1. The molecule has 2 amide bonds. The molecule has 0 saturated heterocycles. The predicted octanol–water partition coefficient (Wildman–Crippen LogP) is 5.20. The van der Waals surface area contributed by atoms with E-state index in [0.717, 1.165) is 22.8 Å². The normalized spacial score (nSPS) is 16.0. The molecule has 2 heterocycles. The lowest BCUT2D eigenvalue weighted by Gasteiger charge is -2.37. The van der Waals surface area contributed by atoms with Crippen LogP contribution in [0.3, 0.4) is 0 Å². The SMILES string of the molecule is CCOc1cc2c(cc1OC)CCN(C(N)=O)[C@H]2CCc1c[nH]c2ccc(C(F)(F)F)cc12. The van der Waals surface area contributed by atoms with Crippen LogP contribution in [0.2, 0.25) is 0 Å². The van der Waals surface area contributed by atoms with Gasteiger partial charge in [-0.15, -0.1) is 0 Å². The number of fused-ring (bicyclic) bond motifs is 2. The Hall–Kier alpha value is -3.36. The number of aromatic amines is 1. The van der Waals surface area contributed by atoms with Crippen LogP contribution in [0.1, 0.15) is 41.6 Å². The van der Waals surface area contributed by atoms with Gasteiger partial charge in [0.2, 0.25) is 0 Å². The van der Waals surface area contributed by atoms with Gasteiger partial charge >= 0.3 is 12.2 Å². The summed E-state index contributed by atoms with van der Waals surface area (Å²) in [6.07, 6.45) is -1.10. The second-order valence-corrected chi connectivity index (χ2v) is 8.04. The molecular weight excluding hydrogens is 435 g/mol. The zero-order valence-electron chi connectivity index (χ0n) is 18.5. The second-order valence-electron chi connectivity index (χ2n) is 8.04. The van der Waals surface area contributed by atoms with Crippen molar-refractivity contribution < 1.29 is 27.4 Å². The molecule has 1 aromatic heterocycles. The van der Waals surface area contributed by atoms with E-state index >= 15 is 0 Å². The minimum Gasteiger partial charge on any atom is -0.493 e. The zero-order valence-corrected chi connectivity index (χ0v) is 18.5. The summed E-state index contributed by atoms with van der Waals surface area (Å²) < 4.78 is 50.8. The average Bonchev–Trinajstić information content (AvgIpc) is 3.18. The first-order chi connectivity index (χ1) is 15.7. The molecule has 1 aliphatic rings. The van der Waals surface area contributed by atoms with E-state index in [-0.39, 0.29) is 6.04 Å². The van der Waals surface area contributed by atoms with Crippen LogP contribution in [0.15, 0.2) is 36.5 Å². The van der Waals surface area contributed by atoms with Gasteiger partial charge in [0.15, 0.2) is 11.5 Å². The van der Waals surface area contributed by atoms with Crippen molar-refractivity contribution >= 4 is 16.9 Å². The van der Waals surface area contributed by atoms with Crippen LogP contribution in [0.5, 0.6) is 11.5 Å². The maximum atomic E-state index is 13.2. The molecule has 6 nitrogen and oxygen atoms in total. The number of nitrogens with zero attached hydrogens (tertiary/aromatic N) is 1. The van der Waals surface area contributed by atoms with Gasteiger partial charge in [-0.3, -0.25) is 0 Å². The lowest BCUT2D eigenvalue weighted by molar-refractivity contribution is -0.137. The third-order valence-electron chi connectivity index (χ3n) is 6.15. The Morgan fingerprint density at radius 2 is 2.03 bits per heavy atom. The van der Waals surface area contributed by atoms with Gasteiger partial charge in [-0.2, -0.15) is 13.2 Å². The number of urea groups is 1. The van der Waals surface area contributed by atoms with Crippen molar-refractivity contribution in [3.8, 4) is 11.5 Å². The van der Waals surface area contributed by atoms with Gasteiger partial charge in [-0.25, -0.2) is 4.79 Å². The summed E-state index contributed by atoms with van der Waals surface area (Å²) in [6.45, 7) is 2.78. The zero-order chi connectivity index (χ0) is 23.8. The van der Waals surface area contributed by atoms with Gasteiger partial charge in [0.25, 0.3) is 0 Å². The molecule has 9 heteroatoms. The second kappa shape index (κ2) is 8.88. The Morgan fingerprint density at radius 1 is 1.24 bits per heavy atom. The Bertz CT molecular complexity index is 1170. The summed E-state index contributed by atoms with van der Waals surface area (Å²) in [7, 11) is 1.58. The summed E-state index contributed by atoms with van der Waals surface area (Å²) in [5.41, 5.74) is 8.33. The van der Waals surface area contributed by atoms with Crippen LogP contribution in [0, 0.1) is 0 Å². The number of ether oxygens (including phenoxy) is 2. The molecule has 1 atom stereocenters. The van der Waals surface area contributed by atoms with Crippen LogP contribution >= 0.6 is 0 Å². The number of amides is 2. The summed E-state index contributed by atoms with van der Waals surface area (Å²) >= 11 is 0. The number of alkyl halides is 3. The molecule has 176 valence electrons. The lowest BCUT2D eigenvalue weighted by Crippen LogP contribution is -2.43. The number of aryl methyl sites for hydroxylation is 1. The van der Waals surface area contributed by atoms with Gasteiger partial charge in [-0.05, 0) is 73.2 Å². The number of benzene rings is 2. The van der Waals surface area contributed by atoms with E-state index in [0.29, 0.717) is 54.8 Å². The number of hydrogen-bond acceptors (Lipinski definition) is 3. The first-order valence-corrected chi connectivity index (χ1v) is 10.8. The van der Waals surface area contributed by atoms with Crippen LogP contribution in [0.25, 0.3) is 10.9 Å². The minimum absolute atomic E-state index is 0.327. The number of rotatable bonds is 6. The highest BCUT2D eigenvalue weighted by Crippen LogP contribution is 2.40. The van der Waals surface area contributed by atoms with E-state index in [4.69, 9.17) is 15.2 Å². The average molecular weight is 461 g/mol. The van der Waals surface area contributed by atoms with Crippen molar-refractivity contribution in [1.82, 2.24) is 9.88 Å². The first kappa shape index (κ1) is 22.8. The number of nitrogens with one attached hydrogen (secondary N) is 1.